The lowest BCUT2D eigenvalue weighted by molar-refractivity contribution is -0.133. The number of rotatable bonds is 7. The smallest absolute Gasteiger partial charge is 0.282 e. The molecule has 2 aromatic rings. The third-order valence-electron chi connectivity index (χ3n) is 3.26. The van der Waals surface area contributed by atoms with Gasteiger partial charge in [-0.1, -0.05) is 0 Å². The van der Waals surface area contributed by atoms with Crippen molar-refractivity contribution in [3.8, 4) is 11.5 Å². The molecule has 1 aromatic carbocycles. The third kappa shape index (κ3) is 3.89. The summed E-state index contributed by atoms with van der Waals surface area (Å²) < 4.78 is 39.6. The van der Waals surface area contributed by atoms with Crippen molar-refractivity contribution in [3.05, 3.63) is 23.1 Å². The molecule has 2 rings (SSSR count). The first-order valence-electron chi connectivity index (χ1n) is 6.77. The van der Waals surface area contributed by atoms with E-state index in [0.29, 0.717) is 21.6 Å². The maximum atomic E-state index is 14.3. The highest BCUT2D eigenvalue weighted by Gasteiger charge is 2.34. The van der Waals surface area contributed by atoms with Gasteiger partial charge >= 0.3 is 0 Å². The number of hydrogen-bond donors (Lipinski definition) is 1. The Kier molecular flexibility index (Phi) is 5.38. The van der Waals surface area contributed by atoms with Gasteiger partial charge in [0.25, 0.3) is 5.92 Å². The predicted molar refractivity (Wildman–Crippen MR) is 83.2 cm³/mol. The summed E-state index contributed by atoms with van der Waals surface area (Å²) in [6, 6.07) is 4.73. The lowest BCUT2D eigenvalue weighted by Gasteiger charge is -2.13. The van der Waals surface area contributed by atoms with Gasteiger partial charge in [-0.2, -0.15) is 0 Å². The Balaban J connectivity index is 2.26. The van der Waals surface area contributed by atoms with Gasteiger partial charge in [-0.25, -0.2) is 14.3 Å². The van der Waals surface area contributed by atoms with Crippen LogP contribution in [0.5, 0.6) is 11.5 Å². The molecule has 0 fully saturated rings. The van der Waals surface area contributed by atoms with Crippen LogP contribution in [0.4, 0.5) is 8.78 Å². The molecular formula is C15H17F2NO4S. The minimum Gasteiger partial charge on any atom is -0.493 e. The Labute approximate surface area is 136 Å². The molecular weight excluding hydrogens is 328 g/mol. The van der Waals surface area contributed by atoms with Gasteiger partial charge in [-0.05, 0) is 17.5 Å². The second kappa shape index (κ2) is 7.10. The molecule has 8 heteroatoms. The number of alkyl halides is 2. The van der Waals surface area contributed by atoms with Gasteiger partial charge in [0.05, 0.1) is 26.2 Å². The second-order valence-electron chi connectivity index (χ2n) is 4.79. The van der Waals surface area contributed by atoms with Crippen LogP contribution in [0.25, 0.3) is 10.1 Å². The highest BCUT2D eigenvalue weighted by atomic mass is 32.1. The maximum absolute atomic E-state index is 14.3. The van der Waals surface area contributed by atoms with Gasteiger partial charge in [0.1, 0.15) is 0 Å². The molecule has 0 saturated heterocycles. The Bertz CT molecular complexity index is 661. The van der Waals surface area contributed by atoms with Crippen LogP contribution in [0.15, 0.2) is 18.2 Å². The summed E-state index contributed by atoms with van der Waals surface area (Å²) in [5, 5.41) is 0.642. The fraction of sp³-hybridized carbons (Fsp3) is 0.400. The fourth-order valence-corrected chi connectivity index (χ4v) is 3.18. The molecule has 0 unspecified atom stereocenters. The highest BCUT2D eigenvalue weighted by molar-refractivity contribution is 7.19. The minimum atomic E-state index is -3.10. The number of carbonyl (C=O) groups is 1. The van der Waals surface area contributed by atoms with E-state index in [4.69, 9.17) is 9.47 Å². The van der Waals surface area contributed by atoms with Crippen molar-refractivity contribution in [2.24, 2.45) is 0 Å². The van der Waals surface area contributed by atoms with Crippen LogP contribution >= 0.6 is 11.3 Å². The van der Waals surface area contributed by atoms with Crippen molar-refractivity contribution in [2.75, 3.05) is 21.3 Å². The first-order chi connectivity index (χ1) is 10.9. The lowest BCUT2D eigenvalue weighted by Crippen LogP contribution is -2.24. The summed E-state index contributed by atoms with van der Waals surface area (Å²) >= 11 is 0.969. The summed E-state index contributed by atoms with van der Waals surface area (Å²) in [6.07, 6.45) is -0.926. The Morgan fingerprint density at radius 2 is 1.83 bits per heavy atom. The van der Waals surface area contributed by atoms with E-state index in [1.807, 2.05) is 5.48 Å². The third-order valence-corrected chi connectivity index (χ3v) is 4.47. The number of amides is 1. The van der Waals surface area contributed by atoms with Crippen molar-refractivity contribution in [1.29, 1.82) is 0 Å². The Hall–Kier alpha value is -1.93. The van der Waals surface area contributed by atoms with Crippen molar-refractivity contribution >= 4 is 27.3 Å². The molecule has 1 N–H and O–H groups in total. The maximum Gasteiger partial charge on any atom is 0.282 e. The molecule has 0 aliphatic carbocycles. The SMILES string of the molecule is CONC(=O)CCC(F)(F)c1cc2cc(OC)c(OC)cc2s1. The molecule has 0 spiro atoms. The van der Waals surface area contributed by atoms with Crippen molar-refractivity contribution < 1.29 is 27.9 Å². The largest absolute Gasteiger partial charge is 0.493 e. The lowest BCUT2D eigenvalue weighted by atomic mass is 10.1. The van der Waals surface area contributed by atoms with Crippen LogP contribution in [0, 0.1) is 0 Å². The summed E-state index contributed by atoms with van der Waals surface area (Å²) in [5.74, 6) is -2.73. The molecule has 0 aliphatic rings. The number of benzene rings is 1. The van der Waals surface area contributed by atoms with E-state index < -0.39 is 18.3 Å². The average molecular weight is 345 g/mol. The van der Waals surface area contributed by atoms with Crippen LogP contribution in [-0.2, 0) is 15.6 Å². The molecule has 5 nitrogen and oxygen atoms in total. The molecule has 0 radical (unpaired) electrons. The van der Waals surface area contributed by atoms with E-state index in [1.54, 1.807) is 12.1 Å². The topological polar surface area (TPSA) is 56.8 Å². The zero-order valence-electron chi connectivity index (χ0n) is 12.9. The first-order valence-corrected chi connectivity index (χ1v) is 7.58. The van der Waals surface area contributed by atoms with E-state index in [9.17, 15) is 13.6 Å². The van der Waals surface area contributed by atoms with Gasteiger partial charge in [0.15, 0.2) is 11.5 Å². The van der Waals surface area contributed by atoms with Gasteiger partial charge in [0, 0.05) is 23.6 Å². The van der Waals surface area contributed by atoms with Crippen LogP contribution < -0.4 is 15.0 Å². The van der Waals surface area contributed by atoms with Crippen molar-refractivity contribution in [1.82, 2.24) is 5.48 Å². The van der Waals surface area contributed by atoms with Gasteiger partial charge < -0.3 is 9.47 Å². The van der Waals surface area contributed by atoms with Gasteiger partial charge in [0.2, 0.25) is 5.91 Å². The monoisotopic (exact) mass is 345 g/mol. The van der Waals surface area contributed by atoms with E-state index in [1.165, 1.54) is 27.4 Å². The van der Waals surface area contributed by atoms with E-state index in [-0.39, 0.29) is 11.3 Å². The minimum absolute atomic E-state index is 0.104. The number of fused-ring (bicyclic) bond motifs is 1. The fourth-order valence-electron chi connectivity index (χ4n) is 2.11. The molecule has 1 heterocycles. The molecule has 126 valence electrons. The zero-order valence-corrected chi connectivity index (χ0v) is 13.8. The zero-order chi connectivity index (χ0) is 17.0. The molecule has 0 saturated carbocycles. The summed E-state index contributed by atoms with van der Waals surface area (Å²) in [5.41, 5.74) is 2.02. The Morgan fingerprint density at radius 1 is 1.17 bits per heavy atom. The van der Waals surface area contributed by atoms with Crippen molar-refractivity contribution in [2.45, 2.75) is 18.8 Å². The first kappa shape index (κ1) is 17.4. The van der Waals surface area contributed by atoms with E-state index >= 15 is 0 Å². The second-order valence-corrected chi connectivity index (χ2v) is 5.87. The van der Waals surface area contributed by atoms with E-state index in [0.717, 1.165) is 11.3 Å². The van der Waals surface area contributed by atoms with Crippen LogP contribution in [0.2, 0.25) is 0 Å². The van der Waals surface area contributed by atoms with Crippen LogP contribution in [-0.4, -0.2) is 27.2 Å². The molecule has 1 amide bonds. The Morgan fingerprint density at radius 3 is 2.43 bits per heavy atom. The highest BCUT2D eigenvalue weighted by Crippen LogP contribution is 2.43. The van der Waals surface area contributed by atoms with Crippen molar-refractivity contribution in [3.63, 3.8) is 0 Å². The van der Waals surface area contributed by atoms with Crippen LogP contribution in [0.1, 0.15) is 17.7 Å². The molecule has 1 aromatic heterocycles. The molecule has 0 atom stereocenters. The predicted octanol–water partition coefficient (Wildman–Crippen LogP) is 3.47. The number of hydrogen-bond acceptors (Lipinski definition) is 5. The molecule has 0 aliphatic heterocycles. The standard InChI is InChI=1S/C15H17F2NO4S/c1-20-10-6-9-7-13(23-12(9)8-11(10)21-2)15(16,17)5-4-14(19)18-22-3/h6-8H,4-5H2,1-3H3,(H,18,19). The number of carbonyl (C=O) groups excluding carboxylic acids is 1. The number of ether oxygens (including phenoxy) is 2. The quantitative estimate of drug-likeness (QED) is 0.781. The average Bonchev–Trinajstić information content (AvgIpc) is 2.95. The number of methoxy groups -OCH3 is 2. The molecule has 0 bridgehead atoms. The number of halogens is 2. The molecule has 23 heavy (non-hydrogen) atoms. The summed E-state index contributed by atoms with van der Waals surface area (Å²) in [4.78, 5) is 15.6. The van der Waals surface area contributed by atoms with Gasteiger partial charge in [-0.15, -0.1) is 11.3 Å². The normalized spacial score (nSPS) is 11.5. The number of nitrogens with one attached hydrogen (secondary N) is 1. The van der Waals surface area contributed by atoms with Crippen LogP contribution in [0.3, 0.4) is 0 Å². The number of hydroxylamine groups is 1. The van der Waals surface area contributed by atoms with Gasteiger partial charge in [-0.3, -0.25) is 9.63 Å². The summed E-state index contributed by atoms with van der Waals surface area (Å²) in [6.45, 7) is 0. The summed E-state index contributed by atoms with van der Waals surface area (Å²) in [7, 11) is 4.23. The number of thiophene rings is 1. The van der Waals surface area contributed by atoms with E-state index in [2.05, 4.69) is 4.84 Å².